The molecule has 140 valence electrons. The molecule has 0 aliphatic carbocycles. The number of halogens is 1. The fourth-order valence-corrected chi connectivity index (χ4v) is 2.65. The van der Waals surface area contributed by atoms with Crippen molar-refractivity contribution in [3.63, 3.8) is 0 Å². The first-order valence-electron chi connectivity index (χ1n) is 8.59. The summed E-state index contributed by atoms with van der Waals surface area (Å²) in [5, 5.41) is 3.81. The zero-order valence-electron chi connectivity index (χ0n) is 15.3. The van der Waals surface area contributed by atoms with Crippen molar-refractivity contribution < 1.29 is 19.0 Å². The van der Waals surface area contributed by atoms with Gasteiger partial charge in [0.1, 0.15) is 0 Å². The molecule has 0 amide bonds. The predicted molar refractivity (Wildman–Crippen MR) is 104 cm³/mol. The van der Waals surface area contributed by atoms with E-state index in [0.717, 1.165) is 17.7 Å². The van der Waals surface area contributed by atoms with E-state index >= 15 is 0 Å². The molecule has 2 aromatic rings. The van der Waals surface area contributed by atoms with Crippen LogP contribution in [0.2, 0.25) is 5.02 Å². The number of anilines is 1. The fraction of sp³-hybridized carbons (Fsp3) is 0.350. The van der Waals surface area contributed by atoms with Gasteiger partial charge in [0.15, 0.2) is 11.5 Å². The Bertz CT molecular complexity index is 731. The molecule has 0 saturated heterocycles. The summed E-state index contributed by atoms with van der Waals surface area (Å²) in [6, 6.07) is 10.9. The Balaban J connectivity index is 2.05. The molecule has 5 nitrogen and oxygen atoms in total. The number of benzene rings is 2. The van der Waals surface area contributed by atoms with Gasteiger partial charge in [-0.3, -0.25) is 0 Å². The third kappa shape index (κ3) is 5.30. The molecule has 0 atom stereocenters. The molecule has 0 spiro atoms. The first kappa shape index (κ1) is 19.9. The number of carbonyl (C=O) groups excluding carboxylic acids is 1. The number of methoxy groups -OCH3 is 1. The Morgan fingerprint density at radius 3 is 2.50 bits per heavy atom. The number of nitrogens with one attached hydrogen (secondary N) is 1. The van der Waals surface area contributed by atoms with Crippen LogP contribution in [0.4, 0.5) is 5.69 Å². The molecular weight excluding hydrogens is 354 g/mol. The summed E-state index contributed by atoms with van der Waals surface area (Å²) in [6.45, 7) is 5.32. The second kappa shape index (κ2) is 9.92. The summed E-state index contributed by atoms with van der Waals surface area (Å²) < 4.78 is 16.0. The molecular formula is C20H24ClNO4. The lowest BCUT2D eigenvalue weighted by Gasteiger charge is -2.14. The lowest BCUT2D eigenvalue weighted by atomic mass is 10.1. The van der Waals surface area contributed by atoms with Crippen LogP contribution in [0.25, 0.3) is 0 Å². The molecule has 0 radical (unpaired) electrons. The minimum Gasteiger partial charge on any atom is -0.493 e. The van der Waals surface area contributed by atoms with Gasteiger partial charge in [0, 0.05) is 12.2 Å². The van der Waals surface area contributed by atoms with Crippen molar-refractivity contribution in [3.05, 3.63) is 52.5 Å². The van der Waals surface area contributed by atoms with Crippen molar-refractivity contribution in [2.45, 2.75) is 26.8 Å². The van der Waals surface area contributed by atoms with E-state index in [2.05, 4.69) is 5.32 Å². The highest BCUT2D eigenvalue weighted by molar-refractivity contribution is 6.32. The Hall–Kier alpha value is -2.40. The van der Waals surface area contributed by atoms with Crippen molar-refractivity contribution >= 4 is 23.3 Å². The highest BCUT2D eigenvalue weighted by Crippen LogP contribution is 2.36. The van der Waals surface area contributed by atoms with Crippen LogP contribution in [-0.2, 0) is 11.3 Å². The molecule has 0 saturated carbocycles. The van der Waals surface area contributed by atoms with Crippen molar-refractivity contribution in [2.24, 2.45) is 0 Å². The van der Waals surface area contributed by atoms with Gasteiger partial charge in [-0.05, 0) is 55.3 Å². The SMILES string of the molecule is CCCOc1c(Cl)cc(CNc2ccc(C(=O)OCC)cc2)cc1OC. The molecule has 0 aromatic heterocycles. The number of rotatable bonds is 9. The first-order valence-corrected chi connectivity index (χ1v) is 8.97. The van der Waals surface area contributed by atoms with E-state index in [1.165, 1.54) is 0 Å². The molecule has 2 aromatic carbocycles. The van der Waals surface area contributed by atoms with Gasteiger partial charge in [0.2, 0.25) is 0 Å². The standard InChI is InChI=1S/C20H24ClNO4/c1-4-10-26-19-17(21)11-14(12-18(19)24-3)13-22-16-8-6-15(7-9-16)20(23)25-5-2/h6-9,11-12,22H,4-5,10,13H2,1-3H3. The highest BCUT2D eigenvalue weighted by Gasteiger charge is 2.12. The van der Waals surface area contributed by atoms with E-state index in [9.17, 15) is 4.79 Å². The second-order valence-electron chi connectivity index (χ2n) is 5.61. The number of hydrogen-bond acceptors (Lipinski definition) is 5. The van der Waals surface area contributed by atoms with Crippen LogP contribution in [0.3, 0.4) is 0 Å². The van der Waals surface area contributed by atoms with Crippen LogP contribution in [0.5, 0.6) is 11.5 Å². The quantitative estimate of drug-likeness (QED) is 0.628. The van der Waals surface area contributed by atoms with Crippen LogP contribution in [-0.4, -0.2) is 26.3 Å². The first-order chi connectivity index (χ1) is 12.6. The van der Waals surface area contributed by atoms with E-state index in [4.69, 9.17) is 25.8 Å². The average molecular weight is 378 g/mol. The number of carbonyl (C=O) groups is 1. The van der Waals surface area contributed by atoms with Crippen LogP contribution >= 0.6 is 11.6 Å². The van der Waals surface area contributed by atoms with Crippen molar-refractivity contribution in [3.8, 4) is 11.5 Å². The van der Waals surface area contributed by atoms with Gasteiger partial charge in [-0.1, -0.05) is 18.5 Å². The smallest absolute Gasteiger partial charge is 0.338 e. The normalized spacial score (nSPS) is 10.3. The molecule has 1 N–H and O–H groups in total. The van der Waals surface area contributed by atoms with Gasteiger partial charge in [-0.15, -0.1) is 0 Å². The Labute approximate surface area is 159 Å². The van der Waals surface area contributed by atoms with Crippen molar-refractivity contribution in [1.29, 1.82) is 0 Å². The summed E-state index contributed by atoms with van der Waals surface area (Å²) >= 11 is 6.33. The highest BCUT2D eigenvalue weighted by atomic mass is 35.5. The maximum atomic E-state index is 11.7. The van der Waals surface area contributed by atoms with Gasteiger partial charge in [0.05, 0.1) is 30.9 Å². The Morgan fingerprint density at radius 1 is 1.15 bits per heavy atom. The van der Waals surface area contributed by atoms with Gasteiger partial charge in [-0.25, -0.2) is 4.79 Å². The third-order valence-corrected chi connectivity index (χ3v) is 3.91. The van der Waals surface area contributed by atoms with Gasteiger partial charge < -0.3 is 19.5 Å². The van der Waals surface area contributed by atoms with Crippen LogP contribution < -0.4 is 14.8 Å². The number of ether oxygens (including phenoxy) is 3. The number of esters is 1. The largest absolute Gasteiger partial charge is 0.493 e. The van der Waals surface area contributed by atoms with Crippen LogP contribution in [0.15, 0.2) is 36.4 Å². The zero-order valence-corrected chi connectivity index (χ0v) is 16.1. The maximum absolute atomic E-state index is 11.7. The van der Waals surface area contributed by atoms with E-state index < -0.39 is 0 Å². The minimum atomic E-state index is -0.321. The lowest BCUT2D eigenvalue weighted by molar-refractivity contribution is 0.0526. The molecule has 0 aliphatic rings. The lowest BCUT2D eigenvalue weighted by Crippen LogP contribution is -2.05. The summed E-state index contributed by atoms with van der Waals surface area (Å²) in [5.74, 6) is 0.859. The average Bonchev–Trinajstić information content (AvgIpc) is 2.65. The van der Waals surface area contributed by atoms with Crippen molar-refractivity contribution in [2.75, 3.05) is 25.6 Å². The van der Waals surface area contributed by atoms with Crippen molar-refractivity contribution in [1.82, 2.24) is 0 Å². The van der Waals surface area contributed by atoms with Gasteiger partial charge >= 0.3 is 5.97 Å². The Morgan fingerprint density at radius 2 is 1.88 bits per heavy atom. The van der Waals surface area contributed by atoms with E-state index in [1.54, 1.807) is 26.2 Å². The molecule has 0 fully saturated rings. The second-order valence-corrected chi connectivity index (χ2v) is 6.02. The summed E-state index contributed by atoms with van der Waals surface area (Å²) in [6.07, 6.45) is 0.893. The minimum absolute atomic E-state index is 0.321. The molecule has 6 heteroatoms. The van der Waals surface area contributed by atoms with Gasteiger partial charge in [-0.2, -0.15) is 0 Å². The third-order valence-electron chi connectivity index (χ3n) is 3.63. The zero-order chi connectivity index (χ0) is 18.9. The Kier molecular flexibility index (Phi) is 7.60. The van der Waals surface area contributed by atoms with Crippen LogP contribution in [0, 0.1) is 0 Å². The molecule has 0 heterocycles. The van der Waals surface area contributed by atoms with Crippen LogP contribution in [0.1, 0.15) is 36.2 Å². The topological polar surface area (TPSA) is 56.8 Å². The molecule has 26 heavy (non-hydrogen) atoms. The number of hydrogen-bond donors (Lipinski definition) is 1. The summed E-state index contributed by atoms with van der Waals surface area (Å²) in [4.78, 5) is 11.7. The summed E-state index contributed by atoms with van der Waals surface area (Å²) in [5.41, 5.74) is 2.38. The predicted octanol–water partition coefficient (Wildman–Crippen LogP) is 4.93. The fourth-order valence-electron chi connectivity index (χ4n) is 2.36. The van der Waals surface area contributed by atoms with E-state index in [-0.39, 0.29) is 5.97 Å². The molecule has 0 bridgehead atoms. The maximum Gasteiger partial charge on any atom is 0.338 e. The summed E-state index contributed by atoms with van der Waals surface area (Å²) in [7, 11) is 1.59. The molecule has 0 unspecified atom stereocenters. The van der Waals surface area contributed by atoms with E-state index in [0.29, 0.717) is 41.8 Å². The monoisotopic (exact) mass is 377 g/mol. The van der Waals surface area contributed by atoms with Gasteiger partial charge in [0.25, 0.3) is 0 Å². The molecule has 0 aliphatic heterocycles. The molecule has 2 rings (SSSR count). The van der Waals surface area contributed by atoms with E-state index in [1.807, 2.05) is 31.2 Å².